The number of carboxylic acids is 1. The lowest BCUT2D eigenvalue weighted by molar-refractivity contribution is -0.145. The average molecular weight is 239 g/mol. The Morgan fingerprint density at radius 1 is 1.24 bits per heavy atom. The Morgan fingerprint density at radius 2 is 2.06 bits per heavy atom. The van der Waals surface area contributed by atoms with Crippen LogP contribution in [0.5, 0.6) is 0 Å². The molecule has 0 saturated carbocycles. The van der Waals surface area contributed by atoms with Crippen LogP contribution in [0.2, 0.25) is 0 Å². The molecule has 1 N–H and O–H groups in total. The Labute approximate surface area is 99.7 Å². The minimum absolute atomic E-state index is 0.0266. The summed E-state index contributed by atoms with van der Waals surface area (Å²) in [5.74, 6) is -1.10. The van der Waals surface area contributed by atoms with Crippen LogP contribution >= 0.6 is 0 Å². The van der Waals surface area contributed by atoms with Gasteiger partial charge in [-0.3, -0.25) is 9.59 Å². The van der Waals surface area contributed by atoms with E-state index >= 15 is 0 Å². The number of carbonyl (C=O) groups excluding carboxylic acids is 1. The maximum absolute atomic E-state index is 12.3. The fourth-order valence-electron chi connectivity index (χ4n) is 3.54. The summed E-state index contributed by atoms with van der Waals surface area (Å²) in [7, 11) is 0. The first kappa shape index (κ1) is 11.0. The van der Waals surface area contributed by atoms with Crippen molar-refractivity contribution in [2.24, 2.45) is 5.92 Å². The van der Waals surface area contributed by atoms with Gasteiger partial charge in [0.15, 0.2) is 0 Å². The topological polar surface area (TPSA) is 66.8 Å². The molecule has 3 aliphatic heterocycles. The first-order valence-electron chi connectivity index (χ1n) is 6.35. The summed E-state index contributed by atoms with van der Waals surface area (Å²) in [6, 6.07) is 0.0481. The average Bonchev–Trinajstić information content (AvgIpc) is 3.03. The van der Waals surface area contributed by atoms with E-state index < -0.39 is 5.97 Å². The van der Waals surface area contributed by atoms with Gasteiger partial charge in [0.1, 0.15) is 6.10 Å². The molecule has 0 spiro atoms. The maximum Gasteiger partial charge on any atom is 0.308 e. The van der Waals surface area contributed by atoms with Gasteiger partial charge in [0.2, 0.25) is 0 Å². The molecule has 3 rings (SSSR count). The lowest BCUT2D eigenvalue weighted by Crippen LogP contribution is -2.43. The molecule has 3 saturated heterocycles. The van der Waals surface area contributed by atoms with E-state index in [9.17, 15) is 9.59 Å². The number of amides is 1. The van der Waals surface area contributed by atoms with Crippen LogP contribution < -0.4 is 0 Å². The number of nitrogens with zero attached hydrogens (tertiary/aromatic N) is 1. The van der Waals surface area contributed by atoms with Gasteiger partial charge >= 0.3 is 5.97 Å². The minimum atomic E-state index is -0.762. The van der Waals surface area contributed by atoms with E-state index in [0.717, 1.165) is 25.7 Å². The first-order chi connectivity index (χ1) is 8.18. The molecule has 5 heteroatoms. The maximum atomic E-state index is 12.3. The number of aliphatic carboxylic acids is 1. The van der Waals surface area contributed by atoms with Crippen LogP contribution in [0.25, 0.3) is 0 Å². The highest BCUT2D eigenvalue weighted by Crippen LogP contribution is 2.42. The third-order valence-electron chi connectivity index (χ3n) is 4.31. The summed E-state index contributed by atoms with van der Waals surface area (Å²) in [4.78, 5) is 25.2. The smallest absolute Gasteiger partial charge is 0.308 e. The molecule has 3 aliphatic rings. The van der Waals surface area contributed by atoms with Crippen LogP contribution in [0.1, 0.15) is 32.1 Å². The zero-order valence-corrected chi connectivity index (χ0v) is 9.67. The Bertz CT molecular complexity index is 350. The van der Waals surface area contributed by atoms with Crippen molar-refractivity contribution in [3.8, 4) is 0 Å². The van der Waals surface area contributed by atoms with E-state index in [1.165, 1.54) is 0 Å². The summed E-state index contributed by atoms with van der Waals surface area (Å²) >= 11 is 0. The van der Waals surface area contributed by atoms with Crippen LogP contribution in [0.3, 0.4) is 0 Å². The number of ether oxygens (including phenoxy) is 1. The van der Waals surface area contributed by atoms with Crippen molar-refractivity contribution in [2.75, 3.05) is 6.61 Å². The molecule has 2 bridgehead atoms. The van der Waals surface area contributed by atoms with Crippen molar-refractivity contribution in [1.82, 2.24) is 4.90 Å². The molecule has 3 unspecified atom stereocenters. The first-order valence-corrected chi connectivity index (χ1v) is 6.35. The van der Waals surface area contributed by atoms with Gasteiger partial charge in [-0.25, -0.2) is 0 Å². The van der Waals surface area contributed by atoms with E-state index in [1.807, 2.05) is 4.90 Å². The second-order valence-electron chi connectivity index (χ2n) is 5.23. The largest absolute Gasteiger partial charge is 0.481 e. The number of hydrogen-bond acceptors (Lipinski definition) is 3. The second-order valence-corrected chi connectivity index (χ2v) is 5.23. The van der Waals surface area contributed by atoms with Gasteiger partial charge in [0, 0.05) is 18.7 Å². The zero-order chi connectivity index (χ0) is 12.0. The Hall–Kier alpha value is -1.10. The summed E-state index contributed by atoms with van der Waals surface area (Å²) in [5.41, 5.74) is 0. The number of hydrogen-bond donors (Lipinski definition) is 1. The van der Waals surface area contributed by atoms with Crippen molar-refractivity contribution in [3.63, 3.8) is 0 Å². The fraction of sp³-hybridized carbons (Fsp3) is 0.833. The molecule has 0 aromatic heterocycles. The molecule has 94 valence electrons. The van der Waals surface area contributed by atoms with Gasteiger partial charge in [-0.15, -0.1) is 0 Å². The molecular formula is C12H17NO4. The highest BCUT2D eigenvalue weighted by molar-refractivity contribution is 5.84. The molecule has 4 atom stereocenters. The SMILES string of the molecule is O=C(O)C1CC2CCC1N2C(=O)[C@H]1CCCO1. The Kier molecular flexibility index (Phi) is 2.58. The van der Waals surface area contributed by atoms with Crippen LogP contribution in [-0.2, 0) is 14.3 Å². The predicted molar refractivity (Wildman–Crippen MR) is 58.4 cm³/mol. The Balaban J connectivity index is 1.76. The molecule has 0 aromatic rings. The minimum Gasteiger partial charge on any atom is -0.481 e. The van der Waals surface area contributed by atoms with Crippen LogP contribution in [0.4, 0.5) is 0 Å². The van der Waals surface area contributed by atoms with Crippen molar-refractivity contribution in [2.45, 2.75) is 50.3 Å². The van der Waals surface area contributed by atoms with Crippen LogP contribution in [-0.4, -0.2) is 46.7 Å². The van der Waals surface area contributed by atoms with Gasteiger partial charge in [-0.05, 0) is 32.1 Å². The van der Waals surface area contributed by atoms with Gasteiger partial charge in [-0.2, -0.15) is 0 Å². The predicted octanol–water partition coefficient (Wildman–Crippen LogP) is 0.629. The molecule has 0 radical (unpaired) electrons. The number of fused-ring (bicyclic) bond motifs is 2. The summed E-state index contributed by atoms with van der Waals surface area (Å²) < 4.78 is 5.41. The highest BCUT2D eigenvalue weighted by atomic mass is 16.5. The van der Waals surface area contributed by atoms with E-state index in [-0.39, 0.29) is 30.0 Å². The molecular weight excluding hydrogens is 222 g/mol. The number of rotatable bonds is 2. The lowest BCUT2D eigenvalue weighted by Gasteiger charge is -2.25. The van der Waals surface area contributed by atoms with Crippen molar-refractivity contribution in [1.29, 1.82) is 0 Å². The Morgan fingerprint density at radius 3 is 2.65 bits per heavy atom. The molecule has 3 fully saturated rings. The molecule has 3 heterocycles. The standard InChI is InChI=1S/C12H17NO4/c14-11(10-2-1-5-17-10)13-7-3-4-9(13)8(6-7)12(15)16/h7-10H,1-6H2,(H,15,16)/t7?,8?,9?,10-/m1/s1. The second kappa shape index (κ2) is 3.98. The lowest BCUT2D eigenvalue weighted by atomic mass is 9.89. The fourth-order valence-corrected chi connectivity index (χ4v) is 3.54. The molecule has 1 amide bonds. The normalized spacial score (nSPS) is 39.9. The molecule has 5 nitrogen and oxygen atoms in total. The third kappa shape index (κ3) is 1.64. The molecule has 0 aromatic carbocycles. The van der Waals surface area contributed by atoms with Crippen molar-refractivity contribution >= 4 is 11.9 Å². The van der Waals surface area contributed by atoms with Crippen molar-refractivity contribution < 1.29 is 19.4 Å². The summed E-state index contributed by atoms with van der Waals surface area (Å²) in [6.45, 7) is 0.655. The number of carboxylic acid groups (broad SMARTS) is 1. The highest BCUT2D eigenvalue weighted by Gasteiger charge is 2.52. The zero-order valence-electron chi connectivity index (χ0n) is 9.67. The summed E-state index contributed by atoms with van der Waals surface area (Å²) in [6.07, 6.45) is 3.81. The van der Waals surface area contributed by atoms with Gasteiger partial charge in [0.05, 0.1) is 5.92 Å². The quantitative estimate of drug-likeness (QED) is 0.767. The van der Waals surface area contributed by atoms with E-state index in [2.05, 4.69) is 0 Å². The van der Waals surface area contributed by atoms with Crippen LogP contribution in [0.15, 0.2) is 0 Å². The monoisotopic (exact) mass is 239 g/mol. The molecule has 17 heavy (non-hydrogen) atoms. The third-order valence-corrected chi connectivity index (χ3v) is 4.31. The van der Waals surface area contributed by atoms with Gasteiger partial charge < -0.3 is 14.7 Å². The van der Waals surface area contributed by atoms with Crippen LogP contribution in [0, 0.1) is 5.92 Å². The summed E-state index contributed by atoms with van der Waals surface area (Å²) in [5, 5.41) is 9.13. The van der Waals surface area contributed by atoms with Gasteiger partial charge in [-0.1, -0.05) is 0 Å². The van der Waals surface area contributed by atoms with Gasteiger partial charge in [0.25, 0.3) is 5.91 Å². The van der Waals surface area contributed by atoms with E-state index in [4.69, 9.17) is 9.84 Å². The molecule has 0 aliphatic carbocycles. The van der Waals surface area contributed by atoms with E-state index in [0.29, 0.717) is 13.0 Å². The number of carbonyl (C=O) groups is 2. The van der Waals surface area contributed by atoms with E-state index in [1.54, 1.807) is 0 Å². The van der Waals surface area contributed by atoms with Crippen molar-refractivity contribution in [3.05, 3.63) is 0 Å².